The molecule has 2 aromatic heterocycles. The minimum absolute atomic E-state index is 0. The van der Waals surface area contributed by atoms with Crippen molar-refractivity contribution >= 4 is 44.9 Å². The van der Waals surface area contributed by atoms with E-state index in [1.807, 2.05) is 12.1 Å². The molecule has 38 heavy (non-hydrogen) atoms. The topological polar surface area (TPSA) is 128 Å². The lowest BCUT2D eigenvalue weighted by Gasteiger charge is -2.29. The Balaban J connectivity index is 0.00000336. The van der Waals surface area contributed by atoms with Crippen molar-refractivity contribution in [2.45, 2.75) is 4.90 Å². The summed E-state index contributed by atoms with van der Waals surface area (Å²) in [5, 5.41) is 7.72. The van der Waals surface area contributed by atoms with Crippen LogP contribution in [0.15, 0.2) is 58.1 Å². The summed E-state index contributed by atoms with van der Waals surface area (Å²) in [5.74, 6) is 0.621. The molecule has 0 radical (unpaired) electrons. The van der Waals surface area contributed by atoms with E-state index in [1.165, 1.54) is 33.5 Å². The number of pyridine rings is 1. The number of nitrogens with zero attached hydrogens (tertiary/aromatic N) is 3. The average Bonchev–Trinajstić information content (AvgIpc) is 3.34. The monoisotopic (exact) mass is 561 g/mol. The zero-order chi connectivity index (χ0) is 26.0. The third-order valence-electron chi connectivity index (χ3n) is 6.16. The van der Waals surface area contributed by atoms with Gasteiger partial charge in [-0.15, -0.1) is 12.4 Å². The number of aromatic nitrogens is 2. The van der Waals surface area contributed by atoms with Gasteiger partial charge in [0.15, 0.2) is 16.3 Å². The number of hydrogen-bond donors (Lipinski definition) is 2. The van der Waals surface area contributed by atoms with Crippen molar-refractivity contribution in [2.24, 2.45) is 0 Å². The fourth-order valence-electron chi connectivity index (χ4n) is 4.37. The van der Waals surface area contributed by atoms with E-state index in [2.05, 4.69) is 25.1 Å². The molecule has 0 amide bonds. The van der Waals surface area contributed by atoms with Crippen LogP contribution in [0.4, 0.5) is 11.5 Å². The van der Waals surface area contributed by atoms with Crippen molar-refractivity contribution in [3.05, 3.63) is 48.7 Å². The maximum atomic E-state index is 13.4. The first-order valence-corrected chi connectivity index (χ1v) is 13.1. The summed E-state index contributed by atoms with van der Waals surface area (Å²) in [5.41, 5.74) is 2.89. The zero-order valence-corrected chi connectivity index (χ0v) is 22.7. The molecule has 2 aromatic carbocycles. The van der Waals surface area contributed by atoms with Crippen molar-refractivity contribution in [1.29, 1.82) is 0 Å². The van der Waals surface area contributed by atoms with Crippen LogP contribution in [0.1, 0.15) is 0 Å². The first kappa shape index (κ1) is 27.3. The zero-order valence-electron chi connectivity index (χ0n) is 21.1. The summed E-state index contributed by atoms with van der Waals surface area (Å²) < 4.78 is 50.9. The van der Waals surface area contributed by atoms with Crippen LogP contribution in [0.3, 0.4) is 0 Å². The van der Waals surface area contributed by atoms with Gasteiger partial charge in [0.1, 0.15) is 22.6 Å². The maximum absolute atomic E-state index is 13.4. The predicted octanol–water partition coefficient (Wildman–Crippen LogP) is 3.55. The molecular weight excluding hydrogens is 534 g/mol. The molecule has 3 heterocycles. The summed E-state index contributed by atoms with van der Waals surface area (Å²) in [6.07, 6.45) is 1.77. The second kappa shape index (κ2) is 11.3. The van der Waals surface area contributed by atoms with Gasteiger partial charge in [0.2, 0.25) is 0 Å². The number of sulfonamides is 1. The van der Waals surface area contributed by atoms with Gasteiger partial charge in [-0.05, 0) is 36.4 Å². The summed E-state index contributed by atoms with van der Waals surface area (Å²) in [6, 6.07) is 12.2. The SMILES string of the molecule is COc1cccc(OC)c1S(=O)(=O)Nc1noc2cc(-c3cc(N4CCNCC4)ccn3)cc(OC)c12.Cl. The molecule has 1 aliphatic heterocycles. The first-order valence-electron chi connectivity index (χ1n) is 11.6. The van der Waals surface area contributed by atoms with E-state index in [1.54, 1.807) is 24.4 Å². The molecule has 202 valence electrons. The lowest BCUT2D eigenvalue weighted by atomic mass is 10.1. The normalized spacial score (nSPS) is 13.6. The van der Waals surface area contributed by atoms with E-state index in [0.29, 0.717) is 16.7 Å². The molecule has 1 fully saturated rings. The molecule has 1 saturated heterocycles. The van der Waals surface area contributed by atoms with Gasteiger partial charge >= 0.3 is 0 Å². The van der Waals surface area contributed by atoms with Gasteiger partial charge in [-0.1, -0.05) is 11.2 Å². The Morgan fingerprint density at radius 1 is 0.974 bits per heavy atom. The molecule has 11 nitrogen and oxygen atoms in total. The molecule has 0 atom stereocenters. The molecule has 0 bridgehead atoms. The standard InChI is InChI=1S/C25H27N5O6S.ClH/c1-33-19-5-4-6-20(34-2)24(19)37(31,32)29-25-23-21(35-3)13-16(14-22(23)36-28-25)18-15-17(7-8-27-18)30-11-9-26-10-12-30;/h4-8,13-15,26H,9-12H2,1-3H3,(H,28,29);1H. The van der Waals surface area contributed by atoms with Crippen molar-refractivity contribution < 1.29 is 27.2 Å². The minimum atomic E-state index is -4.17. The quantitative estimate of drug-likeness (QED) is 0.329. The van der Waals surface area contributed by atoms with Crippen LogP contribution < -0.4 is 29.1 Å². The molecule has 1 aliphatic rings. The number of piperazine rings is 1. The lowest BCUT2D eigenvalue weighted by molar-refractivity contribution is 0.373. The van der Waals surface area contributed by atoms with E-state index < -0.39 is 10.0 Å². The van der Waals surface area contributed by atoms with E-state index in [4.69, 9.17) is 18.7 Å². The summed E-state index contributed by atoms with van der Waals surface area (Å²) >= 11 is 0. The van der Waals surface area contributed by atoms with Gasteiger partial charge in [-0.25, -0.2) is 8.42 Å². The van der Waals surface area contributed by atoms with Gasteiger partial charge in [0.05, 0.1) is 27.0 Å². The molecule has 5 rings (SSSR count). The number of methoxy groups -OCH3 is 3. The van der Waals surface area contributed by atoms with E-state index in [0.717, 1.165) is 43.1 Å². The number of halogens is 1. The highest BCUT2D eigenvalue weighted by Gasteiger charge is 2.28. The third kappa shape index (κ3) is 5.15. The molecule has 0 spiro atoms. The maximum Gasteiger partial charge on any atom is 0.270 e. The molecule has 13 heteroatoms. The Morgan fingerprint density at radius 2 is 1.66 bits per heavy atom. The molecule has 4 aromatic rings. The van der Waals surface area contributed by atoms with Crippen molar-refractivity contribution in [3.8, 4) is 28.5 Å². The number of benzene rings is 2. The minimum Gasteiger partial charge on any atom is -0.496 e. The summed E-state index contributed by atoms with van der Waals surface area (Å²) in [7, 11) is 0.0991. The molecule has 0 unspecified atom stereocenters. The largest absolute Gasteiger partial charge is 0.496 e. The fourth-order valence-corrected chi connectivity index (χ4v) is 5.70. The van der Waals surface area contributed by atoms with Crippen LogP contribution in [0.2, 0.25) is 0 Å². The lowest BCUT2D eigenvalue weighted by Crippen LogP contribution is -2.43. The average molecular weight is 562 g/mol. The van der Waals surface area contributed by atoms with Crippen LogP contribution in [-0.2, 0) is 10.0 Å². The number of hydrogen-bond acceptors (Lipinski definition) is 10. The predicted molar refractivity (Wildman–Crippen MR) is 146 cm³/mol. The second-order valence-corrected chi connectivity index (χ2v) is 9.94. The van der Waals surface area contributed by atoms with Gasteiger partial charge in [-0.2, -0.15) is 0 Å². The smallest absolute Gasteiger partial charge is 0.270 e. The van der Waals surface area contributed by atoms with Crippen LogP contribution in [0.5, 0.6) is 17.2 Å². The first-order chi connectivity index (χ1) is 17.9. The van der Waals surface area contributed by atoms with Crippen LogP contribution in [-0.4, -0.2) is 66.1 Å². The van der Waals surface area contributed by atoms with E-state index in [9.17, 15) is 8.42 Å². The van der Waals surface area contributed by atoms with E-state index in [-0.39, 0.29) is 34.6 Å². The van der Waals surface area contributed by atoms with Gasteiger partial charge in [0.25, 0.3) is 10.0 Å². The molecule has 0 aliphatic carbocycles. The Labute approximate surface area is 226 Å². The summed E-state index contributed by atoms with van der Waals surface area (Å²) in [4.78, 5) is 6.68. The van der Waals surface area contributed by atoms with Crippen molar-refractivity contribution in [2.75, 3.05) is 57.1 Å². The number of ether oxygens (including phenoxy) is 3. The molecule has 0 saturated carbocycles. The second-order valence-electron chi connectivity index (χ2n) is 8.32. The molecule has 2 N–H and O–H groups in total. The van der Waals surface area contributed by atoms with Gasteiger partial charge < -0.3 is 29.0 Å². The van der Waals surface area contributed by atoms with Crippen molar-refractivity contribution in [3.63, 3.8) is 0 Å². The van der Waals surface area contributed by atoms with Crippen LogP contribution in [0.25, 0.3) is 22.2 Å². The third-order valence-corrected chi connectivity index (χ3v) is 7.56. The number of rotatable bonds is 8. The number of anilines is 2. The van der Waals surface area contributed by atoms with Gasteiger partial charge in [0, 0.05) is 43.6 Å². The highest BCUT2D eigenvalue weighted by atomic mass is 35.5. The Bertz CT molecular complexity index is 1520. The fraction of sp³-hybridized carbons (Fsp3) is 0.280. The Kier molecular flexibility index (Phi) is 8.14. The van der Waals surface area contributed by atoms with Crippen LogP contribution >= 0.6 is 12.4 Å². The number of fused-ring (bicyclic) bond motifs is 1. The molecular formula is C25H28ClN5O6S. The van der Waals surface area contributed by atoms with Crippen LogP contribution in [0, 0.1) is 0 Å². The summed E-state index contributed by atoms with van der Waals surface area (Å²) in [6.45, 7) is 3.67. The highest BCUT2D eigenvalue weighted by molar-refractivity contribution is 7.93. The Hall–Kier alpha value is -3.74. The van der Waals surface area contributed by atoms with Gasteiger partial charge in [-0.3, -0.25) is 9.71 Å². The Morgan fingerprint density at radius 3 is 2.32 bits per heavy atom. The van der Waals surface area contributed by atoms with Crippen molar-refractivity contribution in [1.82, 2.24) is 15.5 Å². The van der Waals surface area contributed by atoms with E-state index >= 15 is 0 Å². The number of nitrogens with one attached hydrogen (secondary N) is 2. The highest BCUT2D eigenvalue weighted by Crippen LogP contribution is 2.39.